The Morgan fingerprint density at radius 2 is 2.07 bits per heavy atom. The van der Waals surface area contributed by atoms with E-state index in [0.717, 1.165) is 25.0 Å². The molecule has 0 rings (SSSR count). The lowest BCUT2D eigenvalue weighted by atomic mass is 9.87. The van der Waals surface area contributed by atoms with Gasteiger partial charge in [-0.05, 0) is 37.8 Å². The van der Waals surface area contributed by atoms with E-state index in [0.29, 0.717) is 11.8 Å². The average Bonchev–Trinajstić information content (AvgIpc) is 2.16. The summed E-state index contributed by atoms with van der Waals surface area (Å²) in [6.45, 7) is 15.1. The lowest BCUT2D eigenvalue weighted by Gasteiger charge is -2.19. The van der Waals surface area contributed by atoms with Gasteiger partial charge in [0.05, 0.1) is 0 Å². The summed E-state index contributed by atoms with van der Waals surface area (Å²) in [5.74, 6) is 1.38. The number of nitrogens with zero attached hydrogens (tertiary/aromatic N) is 1. The number of hydrogen-bond donors (Lipinski definition) is 0. The first-order chi connectivity index (χ1) is 6.61. The van der Waals surface area contributed by atoms with Crippen molar-refractivity contribution in [3.63, 3.8) is 0 Å². The number of rotatable bonds is 7. The van der Waals surface area contributed by atoms with Gasteiger partial charge in [-0.15, -0.1) is 0 Å². The zero-order valence-corrected chi connectivity index (χ0v) is 9.79. The number of aliphatic imine (C=N–C) groups is 1. The summed E-state index contributed by atoms with van der Waals surface area (Å²) < 4.78 is 0. The Balaban J connectivity index is 4.01. The maximum absolute atomic E-state index is 4.25. The highest BCUT2D eigenvalue weighted by Gasteiger charge is 2.12. The predicted octanol–water partition coefficient (Wildman–Crippen LogP) is 3.87. The molecule has 0 saturated carbocycles. The molecule has 0 bridgehead atoms. The minimum absolute atomic E-state index is 0.684. The SMILES string of the molecule is C=CC(=C)CC(CCN=CC)C(C)C. The van der Waals surface area contributed by atoms with Crippen LogP contribution in [0.3, 0.4) is 0 Å². The van der Waals surface area contributed by atoms with Crippen molar-refractivity contribution >= 4 is 6.21 Å². The molecular formula is C13H23N. The molecule has 0 N–H and O–H groups in total. The van der Waals surface area contributed by atoms with E-state index in [1.165, 1.54) is 0 Å². The highest BCUT2D eigenvalue weighted by atomic mass is 14.7. The van der Waals surface area contributed by atoms with Crippen molar-refractivity contribution < 1.29 is 0 Å². The molecule has 1 nitrogen and oxygen atoms in total. The van der Waals surface area contributed by atoms with Crippen LogP contribution in [0.1, 0.15) is 33.6 Å². The molecule has 0 radical (unpaired) electrons. The van der Waals surface area contributed by atoms with Gasteiger partial charge in [0, 0.05) is 6.54 Å². The number of hydrogen-bond acceptors (Lipinski definition) is 1. The lowest BCUT2D eigenvalue weighted by molar-refractivity contribution is 0.364. The minimum atomic E-state index is 0.684. The Bertz CT molecular complexity index is 201. The van der Waals surface area contributed by atoms with E-state index in [4.69, 9.17) is 0 Å². The maximum atomic E-state index is 4.25. The third kappa shape index (κ3) is 5.74. The van der Waals surface area contributed by atoms with Crippen LogP contribution < -0.4 is 0 Å². The summed E-state index contributed by atoms with van der Waals surface area (Å²) >= 11 is 0. The van der Waals surface area contributed by atoms with Crippen LogP contribution in [0.5, 0.6) is 0 Å². The molecule has 0 saturated heterocycles. The summed E-state index contributed by atoms with van der Waals surface area (Å²) in [5, 5.41) is 0. The predicted molar refractivity (Wildman–Crippen MR) is 65.9 cm³/mol. The molecule has 1 heteroatoms. The summed E-state index contributed by atoms with van der Waals surface area (Å²) in [4.78, 5) is 4.25. The first kappa shape index (κ1) is 13.2. The van der Waals surface area contributed by atoms with Gasteiger partial charge in [-0.25, -0.2) is 0 Å². The molecule has 14 heavy (non-hydrogen) atoms. The second kappa shape index (κ2) is 7.54. The van der Waals surface area contributed by atoms with Crippen LogP contribution >= 0.6 is 0 Å². The fraction of sp³-hybridized carbons (Fsp3) is 0.615. The average molecular weight is 193 g/mol. The maximum Gasteiger partial charge on any atom is 0.0388 e. The highest BCUT2D eigenvalue weighted by molar-refractivity contribution is 5.53. The second-order valence-electron chi connectivity index (χ2n) is 4.02. The Morgan fingerprint density at radius 1 is 1.43 bits per heavy atom. The minimum Gasteiger partial charge on any atom is -0.298 e. The van der Waals surface area contributed by atoms with Gasteiger partial charge in [0.2, 0.25) is 0 Å². The third-order valence-corrected chi connectivity index (χ3v) is 2.57. The van der Waals surface area contributed by atoms with Crippen molar-refractivity contribution in [2.24, 2.45) is 16.8 Å². The van der Waals surface area contributed by atoms with Gasteiger partial charge >= 0.3 is 0 Å². The van der Waals surface area contributed by atoms with Crippen molar-refractivity contribution in [1.29, 1.82) is 0 Å². The van der Waals surface area contributed by atoms with Crippen molar-refractivity contribution in [1.82, 2.24) is 0 Å². The van der Waals surface area contributed by atoms with Crippen LogP contribution in [0.4, 0.5) is 0 Å². The standard InChI is InChI=1S/C13H23N/c1-6-12(5)10-13(11(3)4)8-9-14-7-2/h6-7,11,13H,1,5,8-10H2,2-4H3. The van der Waals surface area contributed by atoms with Gasteiger partial charge in [-0.1, -0.05) is 38.7 Å². The molecule has 0 aliphatic heterocycles. The van der Waals surface area contributed by atoms with Gasteiger partial charge in [0.25, 0.3) is 0 Å². The largest absolute Gasteiger partial charge is 0.298 e. The Kier molecular flexibility index (Phi) is 7.09. The molecule has 0 spiro atoms. The Labute approximate surface area is 88.6 Å². The Morgan fingerprint density at radius 3 is 2.50 bits per heavy atom. The van der Waals surface area contributed by atoms with Crippen molar-refractivity contribution in [3.05, 3.63) is 24.8 Å². The van der Waals surface area contributed by atoms with Crippen LogP contribution in [0, 0.1) is 11.8 Å². The van der Waals surface area contributed by atoms with Crippen LogP contribution in [0.2, 0.25) is 0 Å². The van der Waals surface area contributed by atoms with E-state index in [2.05, 4.69) is 32.0 Å². The molecule has 0 aromatic heterocycles. The molecule has 0 aliphatic rings. The lowest BCUT2D eigenvalue weighted by Crippen LogP contribution is -2.10. The van der Waals surface area contributed by atoms with Gasteiger partial charge in [-0.3, -0.25) is 4.99 Å². The molecule has 0 aromatic carbocycles. The van der Waals surface area contributed by atoms with Gasteiger partial charge in [0.15, 0.2) is 0 Å². The molecule has 1 unspecified atom stereocenters. The van der Waals surface area contributed by atoms with Crippen LogP contribution in [0.15, 0.2) is 29.8 Å². The van der Waals surface area contributed by atoms with E-state index in [1.807, 2.05) is 19.2 Å². The molecule has 80 valence electrons. The zero-order valence-electron chi connectivity index (χ0n) is 9.79. The molecule has 0 heterocycles. The van der Waals surface area contributed by atoms with E-state index in [9.17, 15) is 0 Å². The van der Waals surface area contributed by atoms with Crippen LogP contribution in [0.25, 0.3) is 0 Å². The molecule has 0 fully saturated rings. The molecule has 1 atom stereocenters. The van der Waals surface area contributed by atoms with E-state index < -0.39 is 0 Å². The van der Waals surface area contributed by atoms with Gasteiger partial charge < -0.3 is 0 Å². The fourth-order valence-electron chi connectivity index (χ4n) is 1.46. The summed E-state index contributed by atoms with van der Waals surface area (Å²) in [5.41, 5.74) is 1.14. The smallest absolute Gasteiger partial charge is 0.0388 e. The van der Waals surface area contributed by atoms with E-state index >= 15 is 0 Å². The van der Waals surface area contributed by atoms with Crippen molar-refractivity contribution in [3.8, 4) is 0 Å². The van der Waals surface area contributed by atoms with Gasteiger partial charge in [-0.2, -0.15) is 0 Å². The molecule has 0 amide bonds. The molecule has 0 aliphatic carbocycles. The monoisotopic (exact) mass is 193 g/mol. The van der Waals surface area contributed by atoms with E-state index in [-0.39, 0.29) is 0 Å². The molecule has 0 aromatic rings. The Hall–Kier alpha value is -0.850. The summed E-state index contributed by atoms with van der Waals surface area (Å²) in [7, 11) is 0. The quantitative estimate of drug-likeness (QED) is 0.430. The van der Waals surface area contributed by atoms with Crippen molar-refractivity contribution in [2.45, 2.75) is 33.6 Å². The number of allylic oxidation sites excluding steroid dienone is 2. The first-order valence-electron chi connectivity index (χ1n) is 5.36. The van der Waals surface area contributed by atoms with Crippen LogP contribution in [-0.2, 0) is 0 Å². The highest BCUT2D eigenvalue weighted by Crippen LogP contribution is 2.23. The normalized spacial score (nSPS) is 13.4. The first-order valence-corrected chi connectivity index (χ1v) is 5.36. The summed E-state index contributed by atoms with van der Waals surface area (Å²) in [6.07, 6.45) is 5.94. The topological polar surface area (TPSA) is 12.4 Å². The second-order valence-corrected chi connectivity index (χ2v) is 4.02. The van der Waals surface area contributed by atoms with Gasteiger partial charge in [0.1, 0.15) is 0 Å². The fourth-order valence-corrected chi connectivity index (χ4v) is 1.46. The van der Waals surface area contributed by atoms with Crippen molar-refractivity contribution in [2.75, 3.05) is 6.54 Å². The third-order valence-electron chi connectivity index (χ3n) is 2.57. The zero-order chi connectivity index (χ0) is 11.0. The molecular weight excluding hydrogens is 170 g/mol. The van der Waals surface area contributed by atoms with Crippen LogP contribution in [-0.4, -0.2) is 12.8 Å². The summed E-state index contributed by atoms with van der Waals surface area (Å²) in [6, 6.07) is 0. The van der Waals surface area contributed by atoms with E-state index in [1.54, 1.807) is 0 Å².